The first kappa shape index (κ1) is 12.8. The first-order chi connectivity index (χ1) is 7.63. The summed E-state index contributed by atoms with van der Waals surface area (Å²) in [5, 5.41) is 22.1. The fourth-order valence-electron chi connectivity index (χ4n) is 1.85. The molecule has 0 heterocycles. The Kier molecular flexibility index (Phi) is 5.04. The van der Waals surface area contributed by atoms with E-state index in [9.17, 15) is 9.59 Å². The van der Waals surface area contributed by atoms with Gasteiger partial charge in [0, 0.05) is 6.54 Å². The van der Waals surface area contributed by atoms with Gasteiger partial charge >= 0.3 is 12.0 Å². The highest BCUT2D eigenvalue weighted by molar-refractivity contribution is 5.82. The fourth-order valence-corrected chi connectivity index (χ4v) is 1.85. The third kappa shape index (κ3) is 4.06. The van der Waals surface area contributed by atoms with Crippen LogP contribution >= 0.6 is 0 Å². The molecule has 0 aromatic heterocycles. The highest BCUT2D eigenvalue weighted by atomic mass is 16.4. The normalized spacial score (nSPS) is 18.1. The summed E-state index contributed by atoms with van der Waals surface area (Å²) in [4.78, 5) is 21.8. The van der Waals surface area contributed by atoms with Gasteiger partial charge in [-0.3, -0.25) is 0 Å². The van der Waals surface area contributed by atoms with Gasteiger partial charge in [0.05, 0.1) is 6.61 Å². The van der Waals surface area contributed by atoms with Crippen molar-refractivity contribution in [2.24, 2.45) is 5.92 Å². The third-order valence-corrected chi connectivity index (χ3v) is 2.81. The minimum Gasteiger partial charge on any atom is -0.480 e. The number of aliphatic hydroxyl groups is 1. The van der Waals surface area contributed by atoms with Crippen LogP contribution in [0.15, 0.2) is 0 Å². The Morgan fingerprint density at radius 1 is 1.31 bits per heavy atom. The molecular formula is C10H18N2O4. The van der Waals surface area contributed by atoms with Gasteiger partial charge < -0.3 is 20.8 Å². The molecule has 1 aliphatic carbocycles. The third-order valence-electron chi connectivity index (χ3n) is 2.81. The first-order valence-electron chi connectivity index (χ1n) is 5.51. The minimum atomic E-state index is -1.24. The number of carboxylic acids is 1. The second kappa shape index (κ2) is 6.32. The van der Waals surface area contributed by atoms with Crippen molar-refractivity contribution in [1.29, 1.82) is 0 Å². The minimum absolute atomic E-state index is 0.503. The van der Waals surface area contributed by atoms with Crippen LogP contribution in [0.5, 0.6) is 0 Å². The van der Waals surface area contributed by atoms with Crippen LogP contribution in [0.1, 0.15) is 25.7 Å². The molecule has 0 bridgehead atoms. The number of carbonyl (C=O) groups excluding carboxylic acids is 1. The smallest absolute Gasteiger partial charge is 0.328 e. The van der Waals surface area contributed by atoms with Crippen LogP contribution in [0.3, 0.4) is 0 Å². The number of aliphatic carboxylic acids is 1. The topological polar surface area (TPSA) is 98.7 Å². The highest BCUT2D eigenvalue weighted by Crippen LogP contribution is 2.23. The van der Waals surface area contributed by atoms with Crippen molar-refractivity contribution in [2.45, 2.75) is 31.7 Å². The van der Waals surface area contributed by atoms with E-state index in [2.05, 4.69) is 10.6 Å². The maximum atomic E-state index is 11.3. The molecule has 16 heavy (non-hydrogen) atoms. The van der Waals surface area contributed by atoms with Crippen molar-refractivity contribution in [3.8, 4) is 0 Å². The molecule has 92 valence electrons. The second-order valence-corrected chi connectivity index (χ2v) is 4.08. The molecule has 1 rings (SSSR count). The summed E-state index contributed by atoms with van der Waals surface area (Å²) in [5.41, 5.74) is 0. The zero-order chi connectivity index (χ0) is 12.0. The van der Waals surface area contributed by atoms with Crippen LogP contribution in [0, 0.1) is 5.92 Å². The Morgan fingerprint density at radius 3 is 2.44 bits per heavy atom. The molecule has 1 unspecified atom stereocenters. The molecule has 6 heteroatoms. The van der Waals surface area contributed by atoms with Gasteiger partial charge in [-0.25, -0.2) is 9.59 Å². The van der Waals surface area contributed by atoms with Gasteiger partial charge in [-0.1, -0.05) is 12.8 Å². The van der Waals surface area contributed by atoms with Crippen molar-refractivity contribution in [2.75, 3.05) is 13.2 Å². The Bertz CT molecular complexity index is 251. The van der Waals surface area contributed by atoms with E-state index in [-0.39, 0.29) is 0 Å². The summed E-state index contributed by atoms with van der Waals surface area (Å²) >= 11 is 0. The standard InChI is InChI=1S/C10H18N2O4/c13-6-8(9(14)15)12-10(16)11-5-7-3-1-2-4-7/h7-8,13H,1-6H2,(H,14,15)(H2,11,12,16). The number of aliphatic hydroxyl groups excluding tert-OH is 1. The van der Waals surface area contributed by atoms with Crippen LogP contribution in [0.2, 0.25) is 0 Å². The average Bonchev–Trinajstić information content (AvgIpc) is 2.75. The number of amides is 2. The lowest BCUT2D eigenvalue weighted by Crippen LogP contribution is -2.48. The lowest BCUT2D eigenvalue weighted by molar-refractivity contribution is -0.140. The van der Waals surface area contributed by atoms with Gasteiger partial charge in [0.15, 0.2) is 6.04 Å². The van der Waals surface area contributed by atoms with Crippen molar-refractivity contribution in [1.82, 2.24) is 10.6 Å². The van der Waals surface area contributed by atoms with Crippen molar-refractivity contribution in [3.05, 3.63) is 0 Å². The lowest BCUT2D eigenvalue weighted by Gasteiger charge is -2.14. The first-order valence-corrected chi connectivity index (χ1v) is 5.51. The summed E-state index contributed by atoms with van der Waals surface area (Å²) in [6, 6.07) is -1.77. The molecule has 0 aromatic carbocycles. The maximum absolute atomic E-state index is 11.3. The number of nitrogens with one attached hydrogen (secondary N) is 2. The number of carboxylic acid groups (broad SMARTS) is 1. The molecule has 1 atom stereocenters. The molecule has 0 radical (unpaired) electrons. The maximum Gasteiger partial charge on any atom is 0.328 e. The molecule has 0 saturated heterocycles. The predicted octanol–water partition coefficient (Wildman–Crippen LogP) is -0.0787. The quantitative estimate of drug-likeness (QED) is 0.531. The summed E-state index contributed by atoms with van der Waals surface area (Å²) < 4.78 is 0. The zero-order valence-electron chi connectivity index (χ0n) is 9.11. The summed E-state index contributed by atoms with van der Waals surface area (Å²) in [5.74, 6) is -0.735. The Labute approximate surface area is 94.0 Å². The fraction of sp³-hybridized carbons (Fsp3) is 0.800. The van der Waals surface area contributed by atoms with Gasteiger partial charge in [-0.2, -0.15) is 0 Å². The molecular weight excluding hydrogens is 212 g/mol. The van der Waals surface area contributed by atoms with Crippen LogP contribution in [0.4, 0.5) is 4.79 Å². The Hall–Kier alpha value is -1.30. The SMILES string of the molecule is O=C(NCC1CCCC1)NC(CO)C(=O)O. The van der Waals surface area contributed by atoms with E-state index >= 15 is 0 Å². The van der Waals surface area contributed by atoms with E-state index in [0.717, 1.165) is 12.8 Å². The van der Waals surface area contributed by atoms with Crippen molar-refractivity contribution >= 4 is 12.0 Å². The van der Waals surface area contributed by atoms with E-state index in [0.29, 0.717) is 12.5 Å². The van der Waals surface area contributed by atoms with Crippen molar-refractivity contribution < 1.29 is 19.8 Å². The Balaban J connectivity index is 2.21. The van der Waals surface area contributed by atoms with Gasteiger partial charge in [0.2, 0.25) is 0 Å². The summed E-state index contributed by atoms with van der Waals surface area (Å²) in [6.45, 7) is -0.0320. The predicted molar refractivity (Wildman–Crippen MR) is 57.0 cm³/mol. The monoisotopic (exact) mass is 230 g/mol. The molecule has 4 N–H and O–H groups in total. The van der Waals surface area contributed by atoms with Gasteiger partial charge in [-0.15, -0.1) is 0 Å². The largest absolute Gasteiger partial charge is 0.480 e. The molecule has 0 spiro atoms. The number of hydrogen-bond donors (Lipinski definition) is 4. The van der Waals surface area contributed by atoms with E-state index < -0.39 is 24.6 Å². The van der Waals surface area contributed by atoms with E-state index in [1.807, 2.05) is 0 Å². The zero-order valence-corrected chi connectivity index (χ0v) is 9.11. The van der Waals surface area contributed by atoms with Crippen LogP contribution in [0.25, 0.3) is 0 Å². The number of hydrogen-bond acceptors (Lipinski definition) is 3. The lowest BCUT2D eigenvalue weighted by atomic mass is 10.1. The van der Waals surface area contributed by atoms with Crippen LogP contribution in [-0.2, 0) is 4.79 Å². The number of carbonyl (C=O) groups is 2. The molecule has 1 fully saturated rings. The van der Waals surface area contributed by atoms with E-state index in [4.69, 9.17) is 10.2 Å². The van der Waals surface area contributed by atoms with Gasteiger partial charge in [-0.05, 0) is 18.8 Å². The molecule has 1 saturated carbocycles. The van der Waals surface area contributed by atoms with Gasteiger partial charge in [0.1, 0.15) is 0 Å². The van der Waals surface area contributed by atoms with E-state index in [1.54, 1.807) is 0 Å². The molecule has 6 nitrogen and oxygen atoms in total. The molecule has 0 aliphatic heterocycles. The number of rotatable bonds is 5. The summed E-state index contributed by atoms with van der Waals surface area (Å²) in [7, 11) is 0. The number of urea groups is 1. The Morgan fingerprint density at radius 2 is 1.94 bits per heavy atom. The molecule has 1 aliphatic rings. The van der Waals surface area contributed by atoms with Crippen LogP contribution < -0.4 is 10.6 Å². The highest BCUT2D eigenvalue weighted by Gasteiger charge is 2.20. The second-order valence-electron chi connectivity index (χ2n) is 4.08. The van der Waals surface area contributed by atoms with Crippen LogP contribution in [-0.4, -0.2) is 41.4 Å². The molecule has 2 amide bonds. The van der Waals surface area contributed by atoms with E-state index in [1.165, 1.54) is 12.8 Å². The average molecular weight is 230 g/mol. The van der Waals surface area contributed by atoms with Crippen molar-refractivity contribution in [3.63, 3.8) is 0 Å². The summed E-state index contributed by atoms with van der Waals surface area (Å²) in [6.07, 6.45) is 4.62. The molecule has 0 aromatic rings. The van der Waals surface area contributed by atoms with Gasteiger partial charge in [0.25, 0.3) is 0 Å².